The second kappa shape index (κ2) is 4.89. The molecule has 1 atom stereocenters. The van der Waals surface area contributed by atoms with E-state index in [2.05, 4.69) is 50.6 Å². The van der Waals surface area contributed by atoms with Gasteiger partial charge in [-0.1, -0.05) is 36.5 Å². The highest BCUT2D eigenvalue weighted by Crippen LogP contribution is 2.50. The summed E-state index contributed by atoms with van der Waals surface area (Å²) in [5.41, 5.74) is 5.91. The zero-order valence-electron chi connectivity index (χ0n) is 12.8. The standard InChI is InChI=1S/C19H13N5/c1-2-15-6-4-13-10-14(17-11-20-8-9-21-17)5-7-16(13)19(15)18(3-1)24-23-12-22-19/h1-9,11-12H,10H2. The summed E-state index contributed by atoms with van der Waals surface area (Å²) < 4.78 is 0. The van der Waals surface area contributed by atoms with Gasteiger partial charge in [-0.25, -0.2) is 4.99 Å². The first kappa shape index (κ1) is 13.2. The number of fused-ring (bicyclic) bond motifs is 1. The third kappa shape index (κ3) is 1.72. The lowest BCUT2D eigenvalue weighted by Crippen LogP contribution is -2.38. The van der Waals surface area contributed by atoms with Crippen LogP contribution in [-0.4, -0.2) is 21.8 Å². The molecule has 1 unspecified atom stereocenters. The van der Waals surface area contributed by atoms with Crippen molar-refractivity contribution in [3.05, 3.63) is 89.2 Å². The minimum Gasteiger partial charge on any atom is -0.261 e. The smallest absolute Gasteiger partial charge is 0.156 e. The first-order valence-corrected chi connectivity index (χ1v) is 7.81. The number of rotatable bonds is 1. The molecule has 5 heteroatoms. The van der Waals surface area contributed by atoms with E-state index < -0.39 is 5.54 Å². The van der Waals surface area contributed by atoms with Gasteiger partial charge in [0, 0.05) is 18.8 Å². The first-order valence-electron chi connectivity index (χ1n) is 7.81. The van der Waals surface area contributed by atoms with Crippen molar-refractivity contribution in [2.45, 2.75) is 12.0 Å². The lowest BCUT2D eigenvalue weighted by molar-refractivity contribution is 0.653. The van der Waals surface area contributed by atoms with E-state index in [4.69, 9.17) is 4.99 Å². The van der Waals surface area contributed by atoms with Gasteiger partial charge in [-0.2, -0.15) is 5.11 Å². The molecule has 0 aromatic carbocycles. The third-order valence-corrected chi connectivity index (χ3v) is 4.71. The molecule has 0 amide bonds. The molecular formula is C19H13N5. The van der Waals surface area contributed by atoms with Gasteiger partial charge in [-0.15, -0.1) is 5.11 Å². The number of hydrogen-bond donors (Lipinski definition) is 0. The van der Waals surface area contributed by atoms with Gasteiger partial charge in [0.2, 0.25) is 0 Å². The highest BCUT2D eigenvalue weighted by molar-refractivity contribution is 5.78. The fourth-order valence-electron chi connectivity index (χ4n) is 3.60. The van der Waals surface area contributed by atoms with Crippen molar-refractivity contribution in [2.24, 2.45) is 15.2 Å². The fraction of sp³-hybridized carbons (Fsp3) is 0.105. The predicted molar refractivity (Wildman–Crippen MR) is 92.2 cm³/mol. The molecule has 0 saturated carbocycles. The van der Waals surface area contributed by atoms with Crippen molar-refractivity contribution in [3.8, 4) is 0 Å². The number of allylic oxidation sites excluding steroid dienone is 7. The quantitative estimate of drug-likeness (QED) is 0.793. The van der Waals surface area contributed by atoms with Crippen molar-refractivity contribution >= 4 is 11.9 Å². The van der Waals surface area contributed by atoms with Crippen LogP contribution in [0.4, 0.5) is 0 Å². The Bertz CT molecular complexity index is 970. The maximum atomic E-state index is 4.75. The van der Waals surface area contributed by atoms with Crippen LogP contribution >= 0.6 is 0 Å². The van der Waals surface area contributed by atoms with Crippen molar-refractivity contribution in [3.63, 3.8) is 0 Å². The highest BCUT2D eigenvalue weighted by atomic mass is 15.2. The number of hydrogen-bond acceptors (Lipinski definition) is 5. The fourth-order valence-corrected chi connectivity index (χ4v) is 3.60. The Morgan fingerprint density at radius 1 is 0.958 bits per heavy atom. The van der Waals surface area contributed by atoms with E-state index in [1.54, 1.807) is 24.9 Å². The van der Waals surface area contributed by atoms with Crippen LogP contribution in [0.5, 0.6) is 0 Å². The molecule has 5 rings (SSSR count). The van der Waals surface area contributed by atoms with Gasteiger partial charge in [0.25, 0.3) is 0 Å². The highest BCUT2D eigenvalue weighted by Gasteiger charge is 2.46. The summed E-state index contributed by atoms with van der Waals surface area (Å²) in [5, 5.41) is 8.30. The zero-order valence-corrected chi connectivity index (χ0v) is 12.8. The van der Waals surface area contributed by atoms with Crippen molar-refractivity contribution in [1.82, 2.24) is 9.97 Å². The van der Waals surface area contributed by atoms with Gasteiger partial charge < -0.3 is 0 Å². The van der Waals surface area contributed by atoms with Gasteiger partial charge in [0.05, 0.1) is 17.6 Å². The van der Waals surface area contributed by atoms with E-state index in [1.165, 1.54) is 5.57 Å². The molecule has 2 heterocycles. The van der Waals surface area contributed by atoms with E-state index in [0.29, 0.717) is 0 Å². The Morgan fingerprint density at radius 3 is 2.83 bits per heavy atom. The second-order valence-corrected chi connectivity index (χ2v) is 5.94. The van der Waals surface area contributed by atoms with Crippen LogP contribution in [0.15, 0.2) is 98.8 Å². The van der Waals surface area contributed by atoms with Gasteiger partial charge in [-0.05, 0) is 28.4 Å². The lowest BCUT2D eigenvalue weighted by atomic mass is 9.69. The number of nitrogens with zero attached hydrogens (tertiary/aromatic N) is 5. The minimum absolute atomic E-state index is 0.551. The van der Waals surface area contributed by atoms with Crippen molar-refractivity contribution in [2.75, 3.05) is 0 Å². The van der Waals surface area contributed by atoms with Gasteiger partial charge >= 0.3 is 0 Å². The van der Waals surface area contributed by atoms with Crippen molar-refractivity contribution < 1.29 is 0 Å². The SMILES string of the molecule is C1=CC2=CC=C3CC(c4cnccn4)=CC=C3C23N=CN=NC3=C1. The third-order valence-electron chi connectivity index (χ3n) is 4.71. The Labute approximate surface area is 139 Å². The van der Waals surface area contributed by atoms with E-state index in [1.807, 2.05) is 12.2 Å². The minimum atomic E-state index is -0.551. The Balaban J connectivity index is 1.67. The molecule has 1 spiro atoms. The Morgan fingerprint density at radius 2 is 1.92 bits per heavy atom. The molecule has 1 aliphatic heterocycles. The Kier molecular flexibility index (Phi) is 2.70. The molecular weight excluding hydrogens is 298 g/mol. The van der Waals surface area contributed by atoms with E-state index in [-0.39, 0.29) is 0 Å². The summed E-state index contributed by atoms with van der Waals surface area (Å²) in [6.07, 6.45) is 22.2. The molecule has 3 aliphatic carbocycles. The zero-order chi connectivity index (χ0) is 16.0. The van der Waals surface area contributed by atoms with Crippen LogP contribution in [0, 0.1) is 0 Å². The Hall–Kier alpha value is -3.21. The van der Waals surface area contributed by atoms with Crippen LogP contribution < -0.4 is 0 Å². The summed E-state index contributed by atoms with van der Waals surface area (Å²) >= 11 is 0. The summed E-state index contributed by atoms with van der Waals surface area (Å²) in [6.45, 7) is 0. The molecule has 0 radical (unpaired) electrons. The largest absolute Gasteiger partial charge is 0.261 e. The van der Waals surface area contributed by atoms with E-state index >= 15 is 0 Å². The summed E-state index contributed by atoms with van der Waals surface area (Å²) in [7, 11) is 0. The predicted octanol–water partition coefficient (Wildman–Crippen LogP) is 3.74. The average Bonchev–Trinajstić information content (AvgIpc) is 2.67. The molecule has 24 heavy (non-hydrogen) atoms. The summed E-state index contributed by atoms with van der Waals surface area (Å²) in [4.78, 5) is 13.3. The van der Waals surface area contributed by atoms with Gasteiger partial charge in [-0.3, -0.25) is 9.97 Å². The van der Waals surface area contributed by atoms with Gasteiger partial charge in [0.1, 0.15) is 6.34 Å². The number of azo groups is 1. The normalized spacial score (nSPS) is 26.2. The first-order chi connectivity index (χ1) is 11.9. The average molecular weight is 311 g/mol. The summed E-state index contributed by atoms with van der Waals surface area (Å²) in [5.74, 6) is 0. The second-order valence-electron chi connectivity index (χ2n) is 5.94. The molecule has 1 aromatic heterocycles. The monoisotopic (exact) mass is 311 g/mol. The van der Waals surface area contributed by atoms with Crippen LogP contribution in [0.1, 0.15) is 12.1 Å². The molecule has 1 aromatic rings. The maximum absolute atomic E-state index is 4.75. The number of aliphatic imine (C=N–C) groups is 1. The van der Waals surface area contributed by atoms with Crippen LogP contribution in [0.3, 0.4) is 0 Å². The molecule has 0 fully saturated rings. The van der Waals surface area contributed by atoms with Crippen LogP contribution in [0.25, 0.3) is 5.57 Å². The molecule has 0 bridgehead atoms. The summed E-state index contributed by atoms with van der Waals surface area (Å²) in [6, 6.07) is 0. The van der Waals surface area contributed by atoms with E-state index in [9.17, 15) is 0 Å². The van der Waals surface area contributed by atoms with Gasteiger partial charge in [0.15, 0.2) is 5.54 Å². The molecule has 5 nitrogen and oxygen atoms in total. The van der Waals surface area contributed by atoms with Crippen LogP contribution in [0.2, 0.25) is 0 Å². The van der Waals surface area contributed by atoms with Crippen molar-refractivity contribution in [1.29, 1.82) is 0 Å². The number of aromatic nitrogens is 2. The molecule has 4 aliphatic rings. The van der Waals surface area contributed by atoms with E-state index in [0.717, 1.165) is 34.5 Å². The topological polar surface area (TPSA) is 62.9 Å². The van der Waals surface area contributed by atoms with Crippen LogP contribution in [-0.2, 0) is 0 Å². The molecule has 0 saturated heterocycles. The maximum Gasteiger partial charge on any atom is 0.156 e. The molecule has 0 N–H and O–H groups in total. The lowest BCUT2D eigenvalue weighted by Gasteiger charge is -2.40. The molecule has 114 valence electrons.